The van der Waals surface area contributed by atoms with Crippen LogP contribution in [0.15, 0.2) is 36.7 Å². The number of nitrogens with two attached hydrogens (primary N) is 1. The number of hydrogen-bond acceptors (Lipinski definition) is 4. The zero-order chi connectivity index (χ0) is 17.2. The number of rotatable bonds is 10. The minimum atomic E-state index is -0.356. The topological polar surface area (TPSA) is 82.2 Å². The third-order valence-electron chi connectivity index (χ3n) is 3.84. The van der Waals surface area contributed by atoms with Gasteiger partial charge < -0.3 is 4.74 Å². The van der Waals surface area contributed by atoms with Gasteiger partial charge >= 0.3 is 0 Å². The van der Waals surface area contributed by atoms with Crippen molar-refractivity contribution in [3.8, 4) is 5.69 Å². The van der Waals surface area contributed by atoms with E-state index in [-0.39, 0.29) is 5.91 Å². The van der Waals surface area contributed by atoms with Crippen molar-refractivity contribution in [2.24, 2.45) is 5.84 Å². The molecule has 0 aliphatic rings. The Morgan fingerprint density at radius 3 is 2.67 bits per heavy atom. The molecular weight excluding hydrogens is 304 g/mol. The van der Waals surface area contributed by atoms with Crippen LogP contribution in [-0.4, -0.2) is 22.3 Å². The van der Waals surface area contributed by atoms with Crippen LogP contribution in [0.4, 0.5) is 0 Å². The fourth-order valence-electron chi connectivity index (χ4n) is 2.41. The maximum atomic E-state index is 11.4. The third kappa shape index (κ3) is 5.47. The van der Waals surface area contributed by atoms with Gasteiger partial charge in [0.25, 0.3) is 5.91 Å². The second-order valence-corrected chi connectivity index (χ2v) is 5.78. The van der Waals surface area contributed by atoms with Gasteiger partial charge in [-0.25, -0.2) is 10.5 Å². The summed E-state index contributed by atoms with van der Waals surface area (Å²) in [5.41, 5.74) is 4.52. The molecular formula is C18H26N4O2. The van der Waals surface area contributed by atoms with Gasteiger partial charge in [-0.05, 0) is 24.1 Å². The van der Waals surface area contributed by atoms with Gasteiger partial charge in [0, 0.05) is 12.8 Å². The molecule has 2 aromatic rings. The number of amides is 1. The Bertz CT molecular complexity index is 622. The summed E-state index contributed by atoms with van der Waals surface area (Å²) >= 11 is 0. The van der Waals surface area contributed by atoms with Crippen molar-refractivity contribution in [2.75, 3.05) is 6.61 Å². The van der Waals surface area contributed by atoms with E-state index >= 15 is 0 Å². The molecule has 130 valence electrons. The zero-order valence-electron chi connectivity index (χ0n) is 14.2. The molecule has 1 amide bonds. The Morgan fingerprint density at radius 1 is 1.21 bits per heavy atom. The first-order chi connectivity index (χ1) is 11.7. The standard InChI is InChI=1S/C18H26N4O2/c1-2-3-4-5-6-11-24-14-15-7-9-17(10-8-15)22-13-16(12-20-22)18(23)21-19/h7-10,12-13H,2-6,11,14,19H2,1H3,(H,21,23). The molecule has 1 aromatic carbocycles. The largest absolute Gasteiger partial charge is 0.377 e. The van der Waals surface area contributed by atoms with E-state index in [9.17, 15) is 4.79 Å². The summed E-state index contributed by atoms with van der Waals surface area (Å²) in [6.07, 6.45) is 9.36. The highest BCUT2D eigenvalue weighted by Gasteiger charge is 2.07. The summed E-state index contributed by atoms with van der Waals surface area (Å²) in [6.45, 7) is 3.65. The van der Waals surface area contributed by atoms with Crippen LogP contribution in [0.25, 0.3) is 5.69 Å². The van der Waals surface area contributed by atoms with Crippen LogP contribution in [0.5, 0.6) is 0 Å². The Balaban J connectivity index is 1.78. The average molecular weight is 330 g/mol. The predicted molar refractivity (Wildman–Crippen MR) is 93.6 cm³/mol. The Kier molecular flexibility index (Phi) is 7.45. The summed E-state index contributed by atoms with van der Waals surface area (Å²) in [5, 5.41) is 4.17. The fraction of sp³-hybridized carbons (Fsp3) is 0.444. The van der Waals surface area contributed by atoms with E-state index in [4.69, 9.17) is 10.6 Å². The lowest BCUT2D eigenvalue weighted by atomic mass is 10.2. The summed E-state index contributed by atoms with van der Waals surface area (Å²) in [7, 11) is 0. The summed E-state index contributed by atoms with van der Waals surface area (Å²) in [6, 6.07) is 7.93. The van der Waals surface area contributed by atoms with Crippen LogP contribution < -0.4 is 11.3 Å². The SMILES string of the molecule is CCCCCCCOCc1ccc(-n2cc(C(=O)NN)cn2)cc1. The number of carbonyl (C=O) groups excluding carboxylic acids is 1. The van der Waals surface area contributed by atoms with E-state index in [0.717, 1.165) is 24.3 Å². The molecule has 0 aliphatic carbocycles. The molecule has 6 nitrogen and oxygen atoms in total. The number of ether oxygens (including phenoxy) is 1. The molecule has 1 aromatic heterocycles. The van der Waals surface area contributed by atoms with Gasteiger partial charge in [0.1, 0.15) is 0 Å². The van der Waals surface area contributed by atoms with Crippen LogP contribution in [0.2, 0.25) is 0 Å². The molecule has 0 spiro atoms. The lowest BCUT2D eigenvalue weighted by Gasteiger charge is -2.06. The van der Waals surface area contributed by atoms with Gasteiger partial charge in [0.15, 0.2) is 0 Å². The number of nitrogens with zero attached hydrogens (tertiary/aromatic N) is 2. The minimum Gasteiger partial charge on any atom is -0.377 e. The number of benzene rings is 1. The van der Waals surface area contributed by atoms with Crippen molar-refractivity contribution in [3.63, 3.8) is 0 Å². The number of hydrazine groups is 1. The lowest BCUT2D eigenvalue weighted by molar-refractivity contribution is 0.0953. The Labute approximate surface area is 143 Å². The quantitative estimate of drug-likeness (QED) is 0.304. The number of nitrogens with one attached hydrogen (secondary N) is 1. The van der Waals surface area contributed by atoms with E-state index in [1.807, 2.05) is 24.3 Å². The van der Waals surface area contributed by atoms with Gasteiger partial charge in [0.05, 0.1) is 24.1 Å². The lowest BCUT2D eigenvalue weighted by Crippen LogP contribution is -2.29. The number of unbranched alkanes of at least 4 members (excludes halogenated alkanes) is 4. The highest BCUT2D eigenvalue weighted by Crippen LogP contribution is 2.11. The fourth-order valence-corrected chi connectivity index (χ4v) is 2.41. The predicted octanol–water partition coefficient (Wildman–Crippen LogP) is 2.96. The summed E-state index contributed by atoms with van der Waals surface area (Å²) < 4.78 is 7.35. The van der Waals surface area contributed by atoms with E-state index in [0.29, 0.717) is 12.2 Å². The number of nitrogen functional groups attached to an aromatic ring is 1. The Morgan fingerprint density at radius 2 is 1.96 bits per heavy atom. The normalized spacial score (nSPS) is 10.8. The van der Waals surface area contributed by atoms with Gasteiger partial charge in [-0.1, -0.05) is 44.7 Å². The van der Waals surface area contributed by atoms with Crippen LogP contribution in [-0.2, 0) is 11.3 Å². The molecule has 6 heteroatoms. The molecule has 0 saturated heterocycles. The van der Waals surface area contributed by atoms with Crippen molar-refractivity contribution in [3.05, 3.63) is 47.8 Å². The van der Waals surface area contributed by atoms with Gasteiger partial charge in [-0.3, -0.25) is 10.2 Å². The molecule has 24 heavy (non-hydrogen) atoms. The molecule has 0 radical (unpaired) electrons. The summed E-state index contributed by atoms with van der Waals surface area (Å²) in [5.74, 6) is 4.76. The van der Waals surface area contributed by atoms with Crippen molar-refractivity contribution < 1.29 is 9.53 Å². The first-order valence-corrected chi connectivity index (χ1v) is 8.47. The second-order valence-electron chi connectivity index (χ2n) is 5.78. The molecule has 1 heterocycles. The van der Waals surface area contributed by atoms with Gasteiger partial charge in [-0.15, -0.1) is 0 Å². The molecule has 0 fully saturated rings. The van der Waals surface area contributed by atoms with E-state index in [2.05, 4.69) is 17.4 Å². The van der Waals surface area contributed by atoms with E-state index < -0.39 is 0 Å². The summed E-state index contributed by atoms with van der Waals surface area (Å²) in [4.78, 5) is 11.4. The van der Waals surface area contributed by atoms with Crippen molar-refractivity contribution in [2.45, 2.75) is 45.6 Å². The average Bonchev–Trinajstić information content (AvgIpc) is 3.11. The third-order valence-corrected chi connectivity index (χ3v) is 3.84. The van der Waals surface area contributed by atoms with Crippen molar-refractivity contribution in [1.29, 1.82) is 0 Å². The monoisotopic (exact) mass is 330 g/mol. The van der Waals surface area contributed by atoms with Gasteiger partial charge in [-0.2, -0.15) is 5.10 Å². The molecule has 0 saturated carbocycles. The Hall–Kier alpha value is -2.18. The molecule has 0 atom stereocenters. The zero-order valence-corrected chi connectivity index (χ0v) is 14.2. The first-order valence-electron chi connectivity index (χ1n) is 8.47. The highest BCUT2D eigenvalue weighted by atomic mass is 16.5. The highest BCUT2D eigenvalue weighted by molar-refractivity contribution is 5.93. The first kappa shape index (κ1) is 18.2. The van der Waals surface area contributed by atoms with Crippen molar-refractivity contribution >= 4 is 5.91 Å². The van der Waals surface area contributed by atoms with E-state index in [1.165, 1.54) is 31.9 Å². The maximum absolute atomic E-state index is 11.4. The second kappa shape index (κ2) is 9.85. The van der Waals surface area contributed by atoms with Gasteiger partial charge in [0.2, 0.25) is 0 Å². The number of aromatic nitrogens is 2. The molecule has 0 unspecified atom stereocenters. The minimum absolute atomic E-state index is 0.356. The van der Waals surface area contributed by atoms with Crippen LogP contribution >= 0.6 is 0 Å². The van der Waals surface area contributed by atoms with E-state index in [1.54, 1.807) is 10.9 Å². The number of hydrogen-bond donors (Lipinski definition) is 2. The molecule has 2 rings (SSSR count). The smallest absolute Gasteiger partial charge is 0.268 e. The van der Waals surface area contributed by atoms with Crippen LogP contribution in [0.3, 0.4) is 0 Å². The van der Waals surface area contributed by atoms with Crippen LogP contribution in [0, 0.1) is 0 Å². The molecule has 0 aliphatic heterocycles. The molecule has 3 N–H and O–H groups in total. The maximum Gasteiger partial charge on any atom is 0.268 e. The van der Waals surface area contributed by atoms with Crippen LogP contribution in [0.1, 0.15) is 54.9 Å². The molecule has 0 bridgehead atoms. The number of carbonyl (C=O) groups is 1. The van der Waals surface area contributed by atoms with Crippen molar-refractivity contribution in [1.82, 2.24) is 15.2 Å².